The maximum Gasteiger partial charge on any atom is 0.230 e. The van der Waals surface area contributed by atoms with E-state index in [-0.39, 0.29) is 17.8 Å². The first-order valence-electron chi connectivity index (χ1n) is 8.76. The third-order valence-electron chi connectivity index (χ3n) is 4.91. The van der Waals surface area contributed by atoms with Gasteiger partial charge in [-0.05, 0) is 43.5 Å². The number of fused-ring (bicyclic) bond motifs is 1. The molecule has 0 unspecified atom stereocenters. The van der Waals surface area contributed by atoms with E-state index in [9.17, 15) is 4.39 Å². The smallest absolute Gasteiger partial charge is 0.230 e. The minimum atomic E-state index is -0.288. The zero-order valence-corrected chi connectivity index (χ0v) is 14.3. The second-order valence-electron chi connectivity index (χ2n) is 6.67. The third kappa shape index (κ3) is 3.01. The van der Waals surface area contributed by atoms with Crippen molar-refractivity contribution in [3.63, 3.8) is 0 Å². The number of rotatable bonds is 4. The number of H-pyrrole nitrogens is 1. The number of hydrogen-bond donors (Lipinski definition) is 2. The molecule has 2 N–H and O–H groups in total. The number of benzene rings is 1. The zero-order valence-electron chi connectivity index (χ0n) is 14.3. The van der Waals surface area contributed by atoms with E-state index in [1.165, 1.54) is 18.5 Å². The van der Waals surface area contributed by atoms with Crippen molar-refractivity contribution in [2.75, 3.05) is 5.32 Å². The molecule has 0 radical (unpaired) electrons. The number of nitrogens with zero attached hydrogens (tertiary/aromatic N) is 5. The lowest BCUT2D eigenvalue weighted by Gasteiger charge is -2.13. The van der Waals surface area contributed by atoms with Crippen LogP contribution in [0.1, 0.15) is 31.1 Å². The topological polar surface area (TPSA) is 105 Å². The number of nitrogens with one attached hydrogen (secondary N) is 2. The predicted molar refractivity (Wildman–Crippen MR) is 95.4 cm³/mol. The number of aromatic nitrogens is 6. The average molecular weight is 365 g/mol. The number of hydrogen-bond acceptors (Lipinski definition) is 7. The average Bonchev–Trinajstić information content (AvgIpc) is 3.43. The van der Waals surface area contributed by atoms with Gasteiger partial charge in [0, 0.05) is 17.5 Å². The van der Waals surface area contributed by atoms with Crippen LogP contribution < -0.4 is 5.32 Å². The molecule has 8 nitrogen and oxygen atoms in total. The van der Waals surface area contributed by atoms with Crippen molar-refractivity contribution >= 4 is 16.9 Å². The molecule has 1 aliphatic carbocycles. The summed E-state index contributed by atoms with van der Waals surface area (Å²) in [6, 6.07) is 6.32. The van der Waals surface area contributed by atoms with Crippen LogP contribution in [-0.4, -0.2) is 36.3 Å². The highest BCUT2D eigenvalue weighted by molar-refractivity contribution is 5.85. The molecule has 3 heterocycles. The van der Waals surface area contributed by atoms with Gasteiger partial charge < -0.3 is 9.84 Å². The zero-order chi connectivity index (χ0) is 18.2. The van der Waals surface area contributed by atoms with E-state index in [2.05, 4.69) is 35.6 Å². The highest BCUT2D eigenvalue weighted by Crippen LogP contribution is 2.36. The summed E-state index contributed by atoms with van der Waals surface area (Å²) in [7, 11) is 0. The number of anilines is 1. The molecule has 4 aromatic rings. The summed E-state index contributed by atoms with van der Waals surface area (Å²) >= 11 is 0. The Balaban J connectivity index is 1.30. The normalized spacial score (nSPS) is 19.6. The SMILES string of the molecule is Fc1ccc(-c2noc([C@H]3CC[C@H](Nc4ncnc5[nH]ncc45)C3)n2)cc1. The van der Waals surface area contributed by atoms with Crippen LogP contribution in [-0.2, 0) is 0 Å². The second-order valence-corrected chi connectivity index (χ2v) is 6.67. The standard InChI is InChI=1S/C18H16FN7O/c19-12-4-1-10(2-5-12)15-24-18(27-26-15)11-3-6-13(7-11)23-16-14-8-22-25-17(14)21-9-20-16/h1-2,4-5,8-9,11,13H,3,6-7H2,(H2,20,21,22,23,25)/t11-,13-/m0/s1. The second kappa shape index (κ2) is 6.42. The van der Waals surface area contributed by atoms with Gasteiger partial charge in [0.2, 0.25) is 11.7 Å². The van der Waals surface area contributed by atoms with Crippen LogP contribution in [0.5, 0.6) is 0 Å². The fourth-order valence-corrected chi connectivity index (χ4v) is 3.53. The fourth-order valence-electron chi connectivity index (χ4n) is 3.53. The monoisotopic (exact) mass is 365 g/mol. The summed E-state index contributed by atoms with van der Waals surface area (Å²) in [4.78, 5) is 13.0. The molecule has 0 aliphatic heterocycles. The van der Waals surface area contributed by atoms with Crippen LogP contribution in [0.2, 0.25) is 0 Å². The first-order chi connectivity index (χ1) is 13.3. The van der Waals surface area contributed by atoms with Gasteiger partial charge in [-0.15, -0.1) is 0 Å². The van der Waals surface area contributed by atoms with Crippen LogP contribution in [0.4, 0.5) is 10.2 Å². The van der Waals surface area contributed by atoms with Gasteiger partial charge in [-0.25, -0.2) is 14.4 Å². The lowest BCUT2D eigenvalue weighted by atomic mass is 10.1. The molecule has 1 saturated carbocycles. The van der Waals surface area contributed by atoms with Gasteiger partial charge >= 0.3 is 0 Å². The first kappa shape index (κ1) is 15.9. The molecule has 1 fully saturated rings. The maximum atomic E-state index is 13.1. The molecule has 9 heteroatoms. The van der Waals surface area contributed by atoms with E-state index in [4.69, 9.17) is 4.52 Å². The largest absolute Gasteiger partial charge is 0.367 e. The van der Waals surface area contributed by atoms with E-state index in [1.54, 1.807) is 18.3 Å². The van der Waals surface area contributed by atoms with Crippen molar-refractivity contribution in [3.8, 4) is 11.4 Å². The lowest BCUT2D eigenvalue weighted by Crippen LogP contribution is -2.16. The lowest BCUT2D eigenvalue weighted by molar-refractivity contribution is 0.354. The van der Waals surface area contributed by atoms with Crippen molar-refractivity contribution in [2.45, 2.75) is 31.2 Å². The molecular weight excluding hydrogens is 349 g/mol. The van der Waals surface area contributed by atoms with Crippen LogP contribution in [0, 0.1) is 5.82 Å². The molecule has 27 heavy (non-hydrogen) atoms. The van der Waals surface area contributed by atoms with Gasteiger partial charge in [-0.3, -0.25) is 5.10 Å². The molecule has 0 amide bonds. The summed E-state index contributed by atoms with van der Waals surface area (Å²) in [6.45, 7) is 0. The molecule has 0 bridgehead atoms. The minimum Gasteiger partial charge on any atom is -0.367 e. The highest BCUT2D eigenvalue weighted by atomic mass is 19.1. The Kier molecular flexibility index (Phi) is 3.77. The predicted octanol–water partition coefficient (Wildman–Crippen LogP) is 3.29. The number of aromatic amines is 1. The summed E-state index contributed by atoms with van der Waals surface area (Å²) in [5.41, 5.74) is 1.45. The van der Waals surface area contributed by atoms with E-state index in [0.29, 0.717) is 17.4 Å². The van der Waals surface area contributed by atoms with Crippen LogP contribution in [0.15, 0.2) is 41.3 Å². The molecule has 0 saturated heterocycles. The molecule has 1 aliphatic rings. The summed E-state index contributed by atoms with van der Waals surface area (Å²) in [5.74, 6) is 1.78. The summed E-state index contributed by atoms with van der Waals surface area (Å²) in [5, 5.41) is 15.2. The van der Waals surface area contributed by atoms with Crippen molar-refractivity contribution in [2.24, 2.45) is 0 Å². The first-order valence-corrected chi connectivity index (χ1v) is 8.76. The van der Waals surface area contributed by atoms with Gasteiger partial charge in [-0.1, -0.05) is 5.16 Å². The van der Waals surface area contributed by atoms with Gasteiger partial charge in [0.15, 0.2) is 5.65 Å². The molecule has 5 rings (SSSR count). The minimum absolute atomic E-state index is 0.186. The fraction of sp³-hybridized carbons (Fsp3) is 0.278. The Hall–Kier alpha value is -3.36. The van der Waals surface area contributed by atoms with Crippen molar-refractivity contribution in [1.82, 2.24) is 30.3 Å². The molecule has 2 atom stereocenters. The molecule has 136 valence electrons. The maximum absolute atomic E-state index is 13.1. The molecule has 0 spiro atoms. The molecule has 1 aromatic carbocycles. The Morgan fingerprint density at radius 1 is 1.15 bits per heavy atom. The van der Waals surface area contributed by atoms with E-state index < -0.39 is 0 Å². The summed E-state index contributed by atoms with van der Waals surface area (Å²) < 4.78 is 18.5. The summed E-state index contributed by atoms with van der Waals surface area (Å²) in [6.07, 6.45) is 6.03. The molecule has 3 aromatic heterocycles. The van der Waals surface area contributed by atoms with E-state index in [1.807, 2.05) is 0 Å². The Morgan fingerprint density at radius 2 is 2.04 bits per heavy atom. The van der Waals surface area contributed by atoms with Crippen LogP contribution >= 0.6 is 0 Å². The van der Waals surface area contributed by atoms with E-state index >= 15 is 0 Å². The Morgan fingerprint density at radius 3 is 2.93 bits per heavy atom. The Labute approximate surface area is 153 Å². The van der Waals surface area contributed by atoms with Gasteiger partial charge in [0.05, 0.1) is 11.6 Å². The third-order valence-corrected chi connectivity index (χ3v) is 4.91. The Bertz CT molecular complexity index is 1070. The van der Waals surface area contributed by atoms with Crippen LogP contribution in [0.3, 0.4) is 0 Å². The van der Waals surface area contributed by atoms with Crippen molar-refractivity contribution < 1.29 is 8.91 Å². The van der Waals surface area contributed by atoms with Gasteiger partial charge in [0.1, 0.15) is 18.0 Å². The number of halogens is 1. The van der Waals surface area contributed by atoms with Crippen molar-refractivity contribution in [3.05, 3.63) is 48.5 Å². The van der Waals surface area contributed by atoms with Crippen LogP contribution in [0.25, 0.3) is 22.4 Å². The van der Waals surface area contributed by atoms with E-state index in [0.717, 1.165) is 36.0 Å². The highest BCUT2D eigenvalue weighted by Gasteiger charge is 2.30. The molecular formula is C18H16FN7O. The quantitative estimate of drug-likeness (QED) is 0.571. The van der Waals surface area contributed by atoms with Gasteiger partial charge in [-0.2, -0.15) is 10.1 Å². The van der Waals surface area contributed by atoms with Gasteiger partial charge in [0.25, 0.3) is 0 Å². The van der Waals surface area contributed by atoms with Crippen molar-refractivity contribution in [1.29, 1.82) is 0 Å².